The van der Waals surface area contributed by atoms with E-state index in [4.69, 9.17) is 0 Å². The Balaban J connectivity index is 2.36. The van der Waals surface area contributed by atoms with Gasteiger partial charge in [0.15, 0.2) is 5.78 Å². The molecule has 5 nitrogen and oxygen atoms in total. The Kier molecular flexibility index (Phi) is 3.33. The van der Waals surface area contributed by atoms with Crippen LogP contribution in [0.1, 0.15) is 41.9 Å². The molecule has 0 radical (unpaired) electrons. The van der Waals surface area contributed by atoms with E-state index in [0.717, 1.165) is 0 Å². The summed E-state index contributed by atoms with van der Waals surface area (Å²) in [5, 5.41) is 18.7. The summed E-state index contributed by atoms with van der Waals surface area (Å²) in [6.45, 7) is 3.97. The first-order chi connectivity index (χ1) is 10.8. The Hall–Kier alpha value is -2.87. The molecule has 1 aromatic heterocycles. The highest BCUT2D eigenvalue weighted by Gasteiger charge is 2.34. The molecule has 1 aliphatic carbocycles. The quantitative estimate of drug-likeness (QED) is 0.877. The number of Topliss-reactive ketones (excluding diaryl/α,β-unsaturated/α-hetero) is 1. The van der Waals surface area contributed by atoms with Crippen molar-refractivity contribution < 1.29 is 9.90 Å². The van der Waals surface area contributed by atoms with Crippen molar-refractivity contribution in [3.63, 3.8) is 0 Å². The van der Waals surface area contributed by atoms with Gasteiger partial charge < -0.3 is 5.11 Å². The summed E-state index contributed by atoms with van der Waals surface area (Å²) >= 11 is 0. The second-order valence-electron chi connectivity index (χ2n) is 6.63. The lowest BCUT2D eigenvalue weighted by atomic mass is 9.75. The molecule has 0 fully saturated rings. The molecule has 116 valence electrons. The number of nitriles is 1. The molecular formula is C18H16N2O3. The highest BCUT2D eigenvalue weighted by Crippen LogP contribution is 2.35. The van der Waals surface area contributed by atoms with Gasteiger partial charge in [-0.25, -0.2) is 0 Å². The van der Waals surface area contributed by atoms with Crippen LogP contribution in [0.5, 0.6) is 5.75 Å². The van der Waals surface area contributed by atoms with Crippen molar-refractivity contribution in [3.05, 3.63) is 57.5 Å². The predicted molar refractivity (Wildman–Crippen MR) is 84.9 cm³/mol. The molecule has 2 aromatic rings. The van der Waals surface area contributed by atoms with Crippen LogP contribution in [0.15, 0.2) is 35.1 Å². The van der Waals surface area contributed by atoms with Crippen LogP contribution in [0.2, 0.25) is 0 Å². The fourth-order valence-electron chi connectivity index (χ4n) is 3.07. The van der Waals surface area contributed by atoms with Gasteiger partial charge in [0.05, 0.1) is 0 Å². The average Bonchev–Trinajstić information content (AvgIpc) is 2.47. The lowest BCUT2D eigenvalue weighted by molar-refractivity contribution is 0.0908. The van der Waals surface area contributed by atoms with Crippen LogP contribution in [0.4, 0.5) is 0 Å². The summed E-state index contributed by atoms with van der Waals surface area (Å²) in [5.74, 6) is 0.0313. The Morgan fingerprint density at radius 1 is 1.17 bits per heavy atom. The first-order valence-electron chi connectivity index (χ1n) is 7.34. The normalized spacial score (nSPS) is 15.8. The summed E-state index contributed by atoms with van der Waals surface area (Å²) in [6, 6.07) is 9.44. The van der Waals surface area contributed by atoms with E-state index < -0.39 is 5.56 Å². The Morgan fingerprint density at radius 2 is 1.83 bits per heavy atom. The Morgan fingerprint density at radius 3 is 2.43 bits per heavy atom. The summed E-state index contributed by atoms with van der Waals surface area (Å²) in [4.78, 5) is 25.1. The van der Waals surface area contributed by atoms with Crippen LogP contribution < -0.4 is 5.56 Å². The number of carbonyl (C=O) groups excluding carboxylic acids is 1. The molecule has 1 aromatic carbocycles. The molecule has 3 rings (SSSR count). The van der Waals surface area contributed by atoms with E-state index in [9.17, 15) is 20.0 Å². The smallest absolute Gasteiger partial charge is 0.273 e. The van der Waals surface area contributed by atoms with Crippen LogP contribution in [-0.2, 0) is 6.42 Å². The number of hydrogen-bond acceptors (Lipinski definition) is 4. The molecule has 1 heterocycles. The molecule has 0 amide bonds. The lowest BCUT2D eigenvalue weighted by Gasteiger charge is -2.32. The van der Waals surface area contributed by atoms with Gasteiger partial charge in [-0.2, -0.15) is 5.26 Å². The standard InChI is InChI=1S/C18H16N2O3/c1-18(2)8-15-14(16(22)9-18)7-11(10-19)17(23)20(15)12-3-5-13(21)6-4-12/h3-7,21H,8-9H2,1-2H3. The zero-order chi connectivity index (χ0) is 16.8. The molecular weight excluding hydrogens is 292 g/mol. The summed E-state index contributed by atoms with van der Waals surface area (Å²) in [5.41, 5.74) is 0.858. The maximum Gasteiger partial charge on any atom is 0.273 e. The van der Waals surface area contributed by atoms with Crippen molar-refractivity contribution >= 4 is 5.78 Å². The fraction of sp³-hybridized carbons (Fsp3) is 0.278. The number of phenols is 1. The van der Waals surface area contributed by atoms with E-state index in [1.165, 1.54) is 22.8 Å². The first kappa shape index (κ1) is 15.0. The van der Waals surface area contributed by atoms with Crippen LogP contribution in [0.3, 0.4) is 0 Å². The number of hydrogen-bond donors (Lipinski definition) is 1. The second kappa shape index (κ2) is 5.10. The predicted octanol–water partition coefficient (Wildman–Crippen LogP) is 2.57. The van der Waals surface area contributed by atoms with E-state index >= 15 is 0 Å². The molecule has 1 N–H and O–H groups in total. The molecule has 0 spiro atoms. The maximum absolute atomic E-state index is 12.6. The number of ketones is 1. The molecule has 0 bridgehead atoms. The maximum atomic E-state index is 12.6. The van der Waals surface area contributed by atoms with E-state index in [2.05, 4.69) is 0 Å². The zero-order valence-electron chi connectivity index (χ0n) is 13.0. The zero-order valence-corrected chi connectivity index (χ0v) is 13.0. The molecule has 0 atom stereocenters. The third-order valence-electron chi connectivity index (χ3n) is 4.12. The molecule has 0 aliphatic heterocycles. The van der Waals surface area contributed by atoms with Gasteiger partial charge in [0.25, 0.3) is 5.56 Å². The molecule has 0 unspecified atom stereocenters. The van der Waals surface area contributed by atoms with Gasteiger partial charge in [-0.05, 0) is 42.2 Å². The van der Waals surface area contributed by atoms with Crippen molar-refractivity contribution in [3.8, 4) is 17.5 Å². The molecule has 1 aliphatic rings. The summed E-state index contributed by atoms with van der Waals surface area (Å²) in [6.07, 6.45) is 0.953. The number of pyridine rings is 1. The van der Waals surface area contributed by atoms with E-state index in [-0.39, 0.29) is 22.5 Å². The number of aromatic nitrogens is 1. The number of fused-ring (bicyclic) bond motifs is 1. The van der Waals surface area contributed by atoms with E-state index in [0.29, 0.717) is 29.8 Å². The van der Waals surface area contributed by atoms with Gasteiger partial charge in [-0.1, -0.05) is 13.8 Å². The number of nitrogens with zero attached hydrogens (tertiary/aromatic N) is 2. The number of rotatable bonds is 1. The fourth-order valence-corrected chi connectivity index (χ4v) is 3.07. The van der Waals surface area contributed by atoms with Gasteiger partial charge in [-0.3, -0.25) is 14.2 Å². The first-order valence-corrected chi connectivity index (χ1v) is 7.34. The minimum atomic E-state index is -0.442. The molecule has 0 saturated heterocycles. The summed E-state index contributed by atoms with van der Waals surface area (Å²) in [7, 11) is 0. The lowest BCUT2D eigenvalue weighted by Crippen LogP contribution is -2.35. The number of benzene rings is 1. The second-order valence-corrected chi connectivity index (χ2v) is 6.63. The van der Waals surface area contributed by atoms with Crippen LogP contribution >= 0.6 is 0 Å². The van der Waals surface area contributed by atoms with Gasteiger partial charge in [-0.15, -0.1) is 0 Å². The third-order valence-corrected chi connectivity index (χ3v) is 4.12. The van der Waals surface area contributed by atoms with Crippen molar-refractivity contribution in [2.45, 2.75) is 26.7 Å². The third kappa shape index (κ3) is 2.53. The van der Waals surface area contributed by atoms with Crippen LogP contribution in [0, 0.1) is 16.7 Å². The van der Waals surface area contributed by atoms with E-state index in [1.54, 1.807) is 12.1 Å². The molecule has 0 saturated carbocycles. The van der Waals surface area contributed by atoms with E-state index in [1.807, 2.05) is 19.9 Å². The van der Waals surface area contributed by atoms with Crippen molar-refractivity contribution in [1.29, 1.82) is 5.26 Å². The SMILES string of the molecule is CC1(C)CC(=O)c2cc(C#N)c(=O)n(-c3ccc(O)cc3)c2C1. The van der Waals surface area contributed by atoms with Crippen LogP contribution in [-0.4, -0.2) is 15.5 Å². The number of aromatic hydroxyl groups is 1. The highest BCUT2D eigenvalue weighted by atomic mass is 16.3. The molecule has 23 heavy (non-hydrogen) atoms. The van der Waals surface area contributed by atoms with Gasteiger partial charge >= 0.3 is 0 Å². The van der Waals surface area contributed by atoms with Crippen molar-refractivity contribution in [1.82, 2.24) is 4.57 Å². The average molecular weight is 308 g/mol. The largest absolute Gasteiger partial charge is 0.508 e. The Bertz CT molecular complexity index is 900. The monoisotopic (exact) mass is 308 g/mol. The number of phenolic OH excluding ortho intramolecular Hbond substituents is 1. The highest BCUT2D eigenvalue weighted by molar-refractivity contribution is 5.99. The minimum absolute atomic E-state index is 0.0510. The van der Waals surface area contributed by atoms with Gasteiger partial charge in [0.2, 0.25) is 0 Å². The van der Waals surface area contributed by atoms with Gasteiger partial charge in [0.1, 0.15) is 17.4 Å². The summed E-state index contributed by atoms with van der Waals surface area (Å²) < 4.78 is 1.42. The van der Waals surface area contributed by atoms with Crippen molar-refractivity contribution in [2.75, 3.05) is 0 Å². The topological polar surface area (TPSA) is 83.1 Å². The van der Waals surface area contributed by atoms with Crippen molar-refractivity contribution in [2.24, 2.45) is 5.41 Å². The van der Waals surface area contributed by atoms with Gasteiger partial charge in [0, 0.05) is 23.4 Å². The Labute approximate surface area is 133 Å². The van der Waals surface area contributed by atoms with Crippen LogP contribution in [0.25, 0.3) is 5.69 Å². The number of carbonyl (C=O) groups is 1. The molecule has 5 heteroatoms. The minimum Gasteiger partial charge on any atom is -0.508 e.